The third-order valence-corrected chi connectivity index (χ3v) is 7.29. The zero-order chi connectivity index (χ0) is 27.2. The molecule has 0 amide bonds. The number of rotatable bonds is 5. The number of aliphatic hydroxyl groups excluding tert-OH is 1. The molecule has 0 saturated carbocycles. The molecule has 200 valence electrons. The van der Waals surface area contributed by atoms with Crippen LogP contribution in [0.25, 0.3) is 11.1 Å². The van der Waals surface area contributed by atoms with Crippen LogP contribution in [-0.4, -0.2) is 55.0 Å². The van der Waals surface area contributed by atoms with Crippen LogP contribution in [0.5, 0.6) is 34.5 Å². The number of aromatic hydroxyl groups is 1. The minimum Gasteiger partial charge on any atom is -0.504 e. The van der Waals surface area contributed by atoms with E-state index in [0.717, 1.165) is 0 Å². The summed E-state index contributed by atoms with van der Waals surface area (Å²) in [5.41, 5.74) is -0.544. The number of esters is 1. The number of hydrogen-bond acceptors (Lipinski definition) is 10. The molecule has 1 heterocycles. The van der Waals surface area contributed by atoms with E-state index in [0.29, 0.717) is 11.3 Å². The Balaban J connectivity index is 2.18. The number of methoxy groups -OCH3 is 3. The number of benzene rings is 2. The fourth-order valence-electron chi connectivity index (χ4n) is 4.82. The van der Waals surface area contributed by atoms with Crippen molar-refractivity contribution in [3.63, 3.8) is 0 Å². The molecule has 2 aromatic carbocycles. The second-order valence-corrected chi connectivity index (χ2v) is 9.25. The third kappa shape index (κ3) is 4.00. The lowest BCUT2D eigenvalue weighted by Gasteiger charge is -2.42. The van der Waals surface area contributed by atoms with Crippen molar-refractivity contribution < 1.29 is 48.5 Å². The van der Waals surface area contributed by atoms with Gasteiger partial charge in [-0.15, -0.1) is 0 Å². The van der Waals surface area contributed by atoms with Gasteiger partial charge in [0.25, 0.3) is 0 Å². The van der Waals surface area contributed by atoms with Crippen molar-refractivity contribution in [2.45, 2.75) is 45.5 Å². The molecule has 3 N–H and O–H groups in total. The van der Waals surface area contributed by atoms with E-state index in [1.165, 1.54) is 34.3 Å². The average Bonchev–Trinajstić information content (AvgIpc) is 3.36. The predicted octanol–water partition coefficient (Wildman–Crippen LogP) is 3.80. The molecular weight excluding hydrogens is 484 g/mol. The molecule has 4 rings (SSSR count). The van der Waals surface area contributed by atoms with Gasteiger partial charge in [-0.1, -0.05) is 13.0 Å². The summed E-state index contributed by atoms with van der Waals surface area (Å²) in [7, 11) is 4.19. The summed E-state index contributed by atoms with van der Waals surface area (Å²) in [6, 6.07) is 3.12. The van der Waals surface area contributed by atoms with Gasteiger partial charge in [0.1, 0.15) is 5.60 Å². The molecule has 0 radical (unpaired) electrons. The van der Waals surface area contributed by atoms with Crippen molar-refractivity contribution in [2.75, 3.05) is 28.1 Å². The highest BCUT2D eigenvalue weighted by Gasteiger charge is 2.50. The van der Waals surface area contributed by atoms with E-state index in [-0.39, 0.29) is 57.8 Å². The van der Waals surface area contributed by atoms with Crippen LogP contribution in [0.4, 0.5) is 0 Å². The van der Waals surface area contributed by atoms with Gasteiger partial charge in [0.15, 0.2) is 29.1 Å². The number of phenolic OH excluding ortho intramolecular Hbond substituents is 1. The van der Waals surface area contributed by atoms with E-state index >= 15 is 0 Å². The van der Waals surface area contributed by atoms with Crippen LogP contribution in [0, 0.1) is 5.92 Å². The lowest BCUT2D eigenvalue weighted by atomic mass is 9.71. The molecule has 0 saturated heterocycles. The van der Waals surface area contributed by atoms with Gasteiger partial charge in [0.05, 0.1) is 27.4 Å². The Morgan fingerprint density at radius 3 is 2.35 bits per heavy atom. The first-order valence-corrected chi connectivity index (χ1v) is 11.8. The van der Waals surface area contributed by atoms with E-state index in [4.69, 9.17) is 28.4 Å². The van der Waals surface area contributed by atoms with E-state index in [9.17, 15) is 20.1 Å². The Morgan fingerprint density at radius 2 is 1.76 bits per heavy atom. The maximum absolute atomic E-state index is 13.0. The lowest BCUT2D eigenvalue weighted by molar-refractivity contribution is -0.174. The summed E-state index contributed by atoms with van der Waals surface area (Å²) in [6.07, 6.45) is -1.04. The van der Waals surface area contributed by atoms with Crippen molar-refractivity contribution in [3.05, 3.63) is 34.9 Å². The quantitative estimate of drug-likeness (QED) is 0.398. The number of phenols is 1. The molecule has 0 bridgehead atoms. The number of fused-ring (bicyclic) bond motifs is 4. The number of carbonyl (C=O) groups excluding carboxylic acids is 1. The predicted molar refractivity (Wildman–Crippen MR) is 132 cm³/mol. The SMILES string of the molecule is CC=C(C)C(=O)OC1c2cc3c(c(OC)c2-c2c(cc(OC)c(OC)c2O)C(O)C(C)C1(C)O)OCO3. The standard InChI is InChI=1S/C27H32O10/c1-8-12(2)26(30)37-25-15-10-17-23(36-11-35-17)24(34-7)19(15)18-14(20(28)13(3)27(25,4)31)9-16(32-5)22(33-6)21(18)29/h8-10,13,20,25,28-29,31H,11H2,1-7H3. The summed E-state index contributed by atoms with van der Waals surface area (Å²) in [4.78, 5) is 13.0. The third-order valence-electron chi connectivity index (χ3n) is 7.29. The molecule has 1 aliphatic carbocycles. The summed E-state index contributed by atoms with van der Waals surface area (Å²) >= 11 is 0. The van der Waals surface area contributed by atoms with E-state index in [1.807, 2.05) is 0 Å². The summed E-state index contributed by atoms with van der Waals surface area (Å²) in [6.45, 7) is 6.31. The van der Waals surface area contributed by atoms with Gasteiger partial charge in [-0.05, 0) is 38.5 Å². The molecule has 0 fully saturated rings. The van der Waals surface area contributed by atoms with Crippen molar-refractivity contribution in [1.29, 1.82) is 0 Å². The van der Waals surface area contributed by atoms with Crippen molar-refractivity contribution in [1.82, 2.24) is 0 Å². The zero-order valence-electron chi connectivity index (χ0n) is 21.9. The highest BCUT2D eigenvalue weighted by molar-refractivity contribution is 5.90. The topological polar surface area (TPSA) is 133 Å². The maximum atomic E-state index is 13.0. The van der Waals surface area contributed by atoms with Crippen molar-refractivity contribution in [3.8, 4) is 45.6 Å². The van der Waals surface area contributed by atoms with Crippen molar-refractivity contribution >= 4 is 5.97 Å². The normalized spacial score (nSPS) is 24.4. The van der Waals surface area contributed by atoms with E-state index < -0.39 is 29.7 Å². The molecule has 2 aliphatic rings. The Hall–Kier alpha value is -3.63. The molecule has 0 spiro atoms. The van der Waals surface area contributed by atoms with Crippen LogP contribution in [0.2, 0.25) is 0 Å². The number of carbonyl (C=O) groups is 1. The minimum atomic E-state index is -1.79. The number of aliphatic hydroxyl groups is 2. The first kappa shape index (κ1) is 26.4. The largest absolute Gasteiger partial charge is 0.504 e. The van der Waals surface area contributed by atoms with Gasteiger partial charge in [-0.25, -0.2) is 4.79 Å². The zero-order valence-corrected chi connectivity index (χ0v) is 21.9. The summed E-state index contributed by atoms with van der Waals surface area (Å²) in [5, 5.41) is 34.9. The van der Waals surface area contributed by atoms with Crippen LogP contribution < -0.4 is 23.7 Å². The molecule has 10 heteroatoms. The fraction of sp³-hybridized carbons (Fsp3) is 0.444. The maximum Gasteiger partial charge on any atom is 0.334 e. The van der Waals surface area contributed by atoms with Crippen LogP contribution in [0.3, 0.4) is 0 Å². The summed E-state index contributed by atoms with van der Waals surface area (Å²) < 4.78 is 33.8. The smallest absolute Gasteiger partial charge is 0.334 e. The second-order valence-electron chi connectivity index (χ2n) is 9.25. The Bertz CT molecular complexity index is 1260. The molecule has 4 unspecified atom stereocenters. The molecule has 2 aromatic rings. The molecule has 4 atom stereocenters. The molecule has 10 nitrogen and oxygen atoms in total. The van der Waals surface area contributed by atoms with Gasteiger partial charge in [-0.2, -0.15) is 0 Å². The Labute approximate surface area is 214 Å². The molecule has 0 aromatic heterocycles. The minimum absolute atomic E-state index is 0.0254. The lowest BCUT2D eigenvalue weighted by Crippen LogP contribution is -2.45. The Morgan fingerprint density at radius 1 is 1.08 bits per heavy atom. The van der Waals surface area contributed by atoms with Gasteiger partial charge in [0.2, 0.25) is 18.3 Å². The Kier molecular flexibility index (Phi) is 6.91. The highest BCUT2D eigenvalue weighted by Crippen LogP contribution is 2.60. The first-order valence-electron chi connectivity index (χ1n) is 11.8. The summed E-state index contributed by atoms with van der Waals surface area (Å²) in [5.74, 6) is -0.945. The van der Waals surface area contributed by atoms with Crippen LogP contribution in [0.1, 0.15) is 51.0 Å². The fourth-order valence-corrected chi connectivity index (χ4v) is 4.82. The molecular formula is C27H32O10. The number of hydrogen-bond donors (Lipinski definition) is 3. The van der Waals surface area contributed by atoms with Crippen LogP contribution in [-0.2, 0) is 9.53 Å². The second kappa shape index (κ2) is 9.68. The van der Waals surface area contributed by atoms with Gasteiger partial charge >= 0.3 is 5.97 Å². The molecule has 37 heavy (non-hydrogen) atoms. The number of allylic oxidation sites excluding steroid dienone is 1. The first-order chi connectivity index (χ1) is 17.5. The molecule has 1 aliphatic heterocycles. The highest BCUT2D eigenvalue weighted by atomic mass is 16.7. The van der Waals surface area contributed by atoms with Gasteiger partial charge < -0.3 is 43.7 Å². The van der Waals surface area contributed by atoms with E-state index in [2.05, 4.69) is 0 Å². The van der Waals surface area contributed by atoms with E-state index in [1.54, 1.807) is 32.9 Å². The average molecular weight is 517 g/mol. The van der Waals surface area contributed by atoms with Crippen LogP contribution in [0.15, 0.2) is 23.8 Å². The number of ether oxygens (including phenoxy) is 6. The van der Waals surface area contributed by atoms with Crippen LogP contribution >= 0.6 is 0 Å². The van der Waals surface area contributed by atoms with Gasteiger partial charge in [0, 0.05) is 28.2 Å². The van der Waals surface area contributed by atoms with Crippen molar-refractivity contribution in [2.24, 2.45) is 5.92 Å². The van der Waals surface area contributed by atoms with Gasteiger partial charge in [-0.3, -0.25) is 0 Å². The monoisotopic (exact) mass is 516 g/mol.